The lowest BCUT2D eigenvalue weighted by Gasteiger charge is -2.27. The van der Waals surface area contributed by atoms with Gasteiger partial charge in [0.2, 0.25) is 0 Å². The Balaban J connectivity index is 1.64. The van der Waals surface area contributed by atoms with Crippen molar-refractivity contribution in [2.24, 2.45) is 0 Å². The number of nitriles is 1. The lowest BCUT2D eigenvalue weighted by Crippen LogP contribution is -2.34. The molecule has 3 N–H and O–H groups in total. The van der Waals surface area contributed by atoms with Gasteiger partial charge in [0.05, 0.1) is 18.8 Å². The van der Waals surface area contributed by atoms with Crippen LogP contribution >= 0.6 is 0 Å². The molecule has 0 aliphatic carbocycles. The van der Waals surface area contributed by atoms with Gasteiger partial charge in [-0.15, -0.1) is 0 Å². The SMILES string of the molecule is N#Cc1c(N)nc2c(c1COCc1ccccc1)[C@H]1CC[C@@H](C2)N1. The van der Waals surface area contributed by atoms with Crippen molar-refractivity contribution >= 4 is 5.82 Å². The van der Waals surface area contributed by atoms with E-state index in [9.17, 15) is 5.26 Å². The molecule has 1 fully saturated rings. The molecule has 0 spiro atoms. The van der Waals surface area contributed by atoms with E-state index in [4.69, 9.17) is 10.5 Å². The molecule has 1 aromatic carbocycles. The smallest absolute Gasteiger partial charge is 0.142 e. The number of nitrogens with two attached hydrogens (primary N) is 1. The van der Waals surface area contributed by atoms with Crippen LogP contribution in [0.25, 0.3) is 0 Å². The topological polar surface area (TPSA) is 84.0 Å². The molecule has 2 bridgehead atoms. The highest BCUT2D eigenvalue weighted by atomic mass is 16.5. The second kappa shape index (κ2) is 6.23. The van der Waals surface area contributed by atoms with E-state index in [2.05, 4.69) is 16.4 Å². The minimum atomic E-state index is 0.272. The Morgan fingerprint density at radius 1 is 1.25 bits per heavy atom. The number of rotatable bonds is 4. The Morgan fingerprint density at radius 2 is 2.08 bits per heavy atom. The molecular weight excluding hydrogens is 300 g/mol. The van der Waals surface area contributed by atoms with Crippen molar-refractivity contribution in [3.63, 3.8) is 0 Å². The average Bonchev–Trinajstić information content (AvgIpc) is 2.97. The van der Waals surface area contributed by atoms with Gasteiger partial charge in [-0.3, -0.25) is 0 Å². The molecule has 122 valence electrons. The normalized spacial score (nSPS) is 21.3. The van der Waals surface area contributed by atoms with Gasteiger partial charge < -0.3 is 15.8 Å². The zero-order chi connectivity index (χ0) is 16.5. The first-order valence-corrected chi connectivity index (χ1v) is 8.35. The van der Waals surface area contributed by atoms with E-state index in [0.29, 0.717) is 30.6 Å². The van der Waals surface area contributed by atoms with Crippen molar-refractivity contribution in [1.82, 2.24) is 10.3 Å². The molecule has 2 aliphatic rings. The maximum atomic E-state index is 9.54. The predicted octanol–water partition coefficient (Wildman–Crippen LogP) is 2.60. The fraction of sp³-hybridized carbons (Fsp3) is 0.368. The largest absolute Gasteiger partial charge is 0.383 e. The van der Waals surface area contributed by atoms with Gasteiger partial charge in [-0.05, 0) is 24.0 Å². The van der Waals surface area contributed by atoms with Crippen LogP contribution in [0.5, 0.6) is 0 Å². The van der Waals surface area contributed by atoms with Crippen LogP contribution in [0.2, 0.25) is 0 Å². The first-order chi connectivity index (χ1) is 11.8. The number of fused-ring (bicyclic) bond motifs is 4. The van der Waals surface area contributed by atoms with E-state index in [-0.39, 0.29) is 6.04 Å². The lowest BCUT2D eigenvalue weighted by atomic mass is 9.92. The molecule has 2 atom stereocenters. The summed E-state index contributed by atoms with van der Waals surface area (Å²) in [4.78, 5) is 4.51. The van der Waals surface area contributed by atoms with Gasteiger partial charge in [0, 0.05) is 29.8 Å². The number of nitrogen functional groups attached to an aromatic ring is 1. The van der Waals surface area contributed by atoms with Crippen LogP contribution in [0.1, 0.15) is 46.8 Å². The molecule has 0 radical (unpaired) electrons. The number of ether oxygens (including phenoxy) is 1. The Hall–Kier alpha value is -2.42. The van der Waals surface area contributed by atoms with Crippen LogP contribution in [0, 0.1) is 11.3 Å². The summed E-state index contributed by atoms with van der Waals surface area (Å²) in [5.41, 5.74) is 10.7. The van der Waals surface area contributed by atoms with Crippen LogP contribution in [0.4, 0.5) is 5.82 Å². The number of aromatic nitrogens is 1. The van der Waals surface area contributed by atoms with Gasteiger partial charge >= 0.3 is 0 Å². The molecule has 1 saturated heterocycles. The van der Waals surface area contributed by atoms with E-state index in [0.717, 1.165) is 41.6 Å². The average molecular weight is 320 g/mol. The molecule has 4 rings (SSSR count). The first kappa shape index (κ1) is 15.1. The molecule has 0 saturated carbocycles. The molecule has 1 aromatic heterocycles. The first-order valence-electron chi connectivity index (χ1n) is 8.35. The highest BCUT2D eigenvalue weighted by Crippen LogP contribution is 2.39. The Kier molecular flexibility index (Phi) is 3.93. The third kappa shape index (κ3) is 2.64. The van der Waals surface area contributed by atoms with Crippen LogP contribution in [0.15, 0.2) is 30.3 Å². The van der Waals surface area contributed by atoms with E-state index >= 15 is 0 Å². The van der Waals surface area contributed by atoms with Gasteiger partial charge in [-0.2, -0.15) is 5.26 Å². The van der Waals surface area contributed by atoms with Crippen molar-refractivity contribution in [3.05, 3.63) is 58.3 Å². The number of hydrogen-bond donors (Lipinski definition) is 2. The fourth-order valence-corrected chi connectivity index (χ4v) is 3.85. The Labute approximate surface area is 141 Å². The standard InChI is InChI=1S/C19H20N4O/c20-9-14-15(11-24-10-12-4-2-1-3-5-12)18-16-7-6-13(22-16)8-17(18)23-19(14)21/h1-5,13,16,22H,6-8,10-11H2,(H2,21,23)/t13-,16+/m0/s1. The van der Waals surface area contributed by atoms with E-state index in [1.165, 1.54) is 0 Å². The summed E-state index contributed by atoms with van der Waals surface area (Å²) in [5, 5.41) is 13.2. The molecule has 0 unspecified atom stereocenters. The summed E-state index contributed by atoms with van der Waals surface area (Å²) < 4.78 is 5.91. The minimum Gasteiger partial charge on any atom is -0.383 e. The van der Waals surface area contributed by atoms with Crippen molar-refractivity contribution in [2.75, 3.05) is 5.73 Å². The zero-order valence-electron chi connectivity index (χ0n) is 13.5. The minimum absolute atomic E-state index is 0.272. The third-order valence-electron chi connectivity index (χ3n) is 4.95. The van der Waals surface area contributed by atoms with Crippen LogP contribution in [0.3, 0.4) is 0 Å². The molecule has 2 aliphatic heterocycles. The van der Waals surface area contributed by atoms with Crippen molar-refractivity contribution in [3.8, 4) is 6.07 Å². The van der Waals surface area contributed by atoms with E-state index < -0.39 is 0 Å². The summed E-state index contributed by atoms with van der Waals surface area (Å²) in [6.45, 7) is 0.902. The maximum Gasteiger partial charge on any atom is 0.142 e. The summed E-state index contributed by atoms with van der Waals surface area (Å²) in [6, 6.07) is 13.0. The predicted molar refractivity (Wildman–Crippen MR) is 90.9 cm³/mol. The van der Waals surface area contributed by atoms with E-state index in [1.807, 2.05) is 30.3 Å². The molecule has 5 heteroatoms. The summed E-state index contributed by atoms with van der Waals surface area (Å²) >= 11 is 0. The van der Waals surface area contributed by atoms with Crippen molar-refractivity contribution in [1.29, 1.82) is 5.26 Å². The number of anilines is 1. The zero-order valence-corrected chi connectivity index (χ0v) is 13.5. The highest BCUT2D eigenvalue weighted by Gasteiger charge is 2.36. The maximum absolute atomic E-state index is 9.54. The summed E-state index contributed by atoms with van der Waals surface area (Å²) in [5.74, 6) is 0.330. The van der Waals surface area contributed by atoms with Crippen LogP contribution in [-0.4, -0.2) is 11.0 Å². The monoisotopic (exact) mass is 320 g/mol. The molecule has 2 aromatic rings. The summed E-state index contributed by atoms with van der Waals surface area (Å²) in [7, 11) is 0. The van der Waals surface area contributed by atoms with Crippen LogP contribution in [-0.2, 0) is 24.4 Å². The quantitative estimate of drug-likeness (QED) is 0.904. The number of nitrogens with one attached hydrogen (secondary N) is 1. The molecule has 24 heavy (non-hydrogen) atoms. The molecule has 0 amide bonds. The second-order valence-corrected chi connectivity index (χ2v) is 6.50. The fourth-order valence-electron chi connectivity index (χ4n) is 3.85. The van der Waals surface area contributed by atoms with E-state index in [1.54, 1.807) is 0 Å². The number of hydrogen-bond acceptors (Lipinski definition) is 5. The van der Waals surface area contributed by atoms with Gasteiger partial charge in [0.25, 0.3) is 0 Å². The van der Waals surface area contributed by atoms with Gasteiger partial charge in [-0.1, -0.05) is 30.3 Å². The second-order valence-electron chi connectivity index (χ2n) is 6.50. The number of nitrogens with zero attached hydrogens (tertiary/aromatic N) is 2. The molecule has 3 heterocycles. The number of benzene rings is 1. The highest BCUT2D eigenvalue weighted by molar-refractivity contribution is 5.58. The lowest BCUT2D eigenvalue weighted by molar-refractivity contribution is 0.106. The molecule has 5 nitrogen and oxygen atoms in total. The van der Waals surface area contributed by atoms with Gasteiger partial charge in [0.1, 0.15) is 11.9 Å². The Morgan fingerprint density at radius 3 is 2.88 bits per heavy atom. The molecular formula is C19H20N4O. The van der Waals surface area contributed by atoms with Crippen molar-refractivity contribution in [2.45, 2.75) is 44.6 Å². The van der Waals surface area contributed by atoms with Gasteiger partial charge in [-0.25, -0.2) is 4.98 Å². The third-order valence-corrected chi connectivity index (χ3v) is 4.95. The Bertz CT molecular complexity index is 797. The van der Waals surface area contributed by atoms with Gasteiger partial charge in [0.15, 0.2) is 0 Å². The number of pyridine rings is 1. The summed E-state index contributed by atoms with van der Waals surface area (Å²) in [6.07, 6.45) is 3.11. The van der Waals surface area contributed by atoms with Crippen molar-refractivity contribution < 1.29 is 4.74 Å². The van der Waals surface area contributed by atoms with Crippen LogP contribution < -0.4 is 11.1 Å².